The van der Waals surface area contributed by atoms with Crippen LogP contribution in [0.15, 0.2) is 42.7 Å². The van der Waals surface area contributed by atoms with Crippen LogP contribution in [0.3, 0.4) is 0 Å². The van der Waals surface area contributed by atoms with Crippen molar-refractivity contribution in [2.75, 3.05) is 17.2 Å². The number of rotatable bonds is 5. The number of pyridine rings is 1. The Balaban J connectivity index is 1.71. The van der Waals surface area contributed by atoms with Crippen LogP contribution in [-0.4, -0.2) is 36.2 Å². The average molecular weight is 434 g/mol. The number of hydrogen-bond acceptors (Lipinski definition) is 5. The van der Waals surface area contributed by atoms with E-state index in [0.717, 1.165) is 18.6 Å². The second kappa shape index (κ2) is 7.67. The fraction of sp³-hybridized carbons (Fsp3) is 0.300. The van der Waals surface area contributed by atoms with Gasteiger partial charge in [-0.25, -0.2) is 26.4 Å². The van der Waals surface area contributed by atoms with E-state index in [9.17, 15) is 22.0 Å². The predicted molar refractivity (Wildman–Crippen MR) is 108 cm³/mol. The Morgan fingerprint density at radius 2 is 2.07 bits per heavy atom. The van der Waals surface area contributed by atoms with E-state index in [1.165, 1.54) is 23.7 Å². The van der Waals surface area contributed by atoms with Crippen LogP contribution in [0.5, 0.6) is 0 Å². The summed E-state index contributed by atoms with van der Waals surface area (Å²) in [4.78, 5) is 14.4. The summed E-state index contributed by atoms with van der Waals surface area (Å²) in [6.07, 6.45) is 4.40. The molecule has 0 radical (unpaired) electrons. The lowest BCUT2D eigenvalue weighted by molar-refractivity contribution is 0.0983. The van der Waals surface area contributed by atoms with Gasteiger partial charge in [-0.1, -0.05) is 0 Å². The van der Waals surface area contributed by atoms with Crippen LogP contribution in [0.1, 0.15) is 41.7 Å². The number of hydrogen-bond donors (Lipinski definition) is 1. The van der Waals surface area contributed by atoms with Gasteiger partial charge < -0.3 is 4.90 Å². The average Bonchev–Trinajstić information content (AvgIpc) is 3.36. The van der Waals surface area contributed by atoms with E-state index in [4.69, 9.17) is 0 Å². The van der Waals surface area contributed by atoms with Crippen molar-refractivity contribution in [1.29, 1.82) is 0 Å². The van der Waals surface area contributed by atoms with Crippen molar-refractivity contribution in [2.45, 2.75) is 25.8 Å². The molecule has 3 heterocycles. The third-order valence-electron chi connectivity index (χ3n) is 5.28. The van der Waals surface area contributed by atoms with Crippen molar-refractivity contribution < 1.29 is 22.0 Å². The minimum atomic E-state index is -3.72. The number of sulfonamides is 1. The maximum atomic E-state index is 14.4. The summed E-state index contributed by atoms with van der Waals surface area (Å²) in [6, 6.07) is 6.56. The number of nitrogens with zero attached hydrogens (tertiary/aromatic N) is 3. The number of benzene rings is 1. The van der Waals surface area contributed by atoms with Crippen LogP contribution < -0.4 is 9.62 Å². The number of anilines is 1. The molecule has 7 nitrogen and oxygen atoms in total. The van der Waals surface area contributed by atoms with Gasteiger partial charge in [0.05, 0.1) is 29.1 Å². The quantitative estimate of drug-likeness (QED) is 0.667. The third-order valence-corrected chi connectivity index (χ3v) is 6.54. The van der Waals surface area contributed by atoms with Crippen molar-refractivity contribution in [2.24, 2.45) is 0 Å². The molecule has 0 aliphatic carbocycles. The molecule has 1 unspecified atom stereocenters. The molecule has 1 amide bonds. The molecular formula is C20H20F2N4O3S. The van der Waals surface area contributed by atoms with Crippen molar-refractivity contribution in [1.82, 2.24) is 14.3 Å². The van der Waals surface area contributed by atoms with Gasteiger partial charge in [0.15, 0.2) is 0 Å². The molecule has 1 N–H and O–H groups in total. The Labute approximate surface area is 172 Å². The first-order chi connectivity index (χ1) is 14.3. The van der Waals surface area contributed by atoms with E-state index < -0.39 is 27.6 Å². The molecule has 10 heteroatoms. The molecule has 1 saturated heterocycles. The Morgan fingerprint density at radius 1 is 1.27 bits per heavy atom. The van der Waals surface area contributed by atoms with E-state index >= 15 is 0 Å². The van der Waals surface area contributed by atoms with E-state index in [-0.39, 0.29) is 22.9 Å². The highest BCUT2D eigenvalue weighted by Gasteiger charge is 2.29. The zero-order valence-electron chi connectivity index (χ0n) is 16.2. The van der Waals surface area contributed by atoms with Crippen LogP contribution in [0, 0.1) is 11.6 Å². The SMILES string of the molecule is CCS(=O)(=O)NC(=O)c1cnn2ccc(N3CCCC3c3cc(F)ccc3F)cc12. The summed E-state index contributed by atoms with van der Waals surface area (Å²) in [7, 11) is -3.72. The molecule has 0 saturated carbocycles. The Morgan fingerprint density at radius 3 is 2.83 bits per heavy atom. The smallest absolute Gasteiger partial charge is 0.268 e. The first-order valence-electron chi connectivity index (χ1n) is 9.53. The van der Waals surface area contributed by atoms with Gasteiger partial charge in [-0.2, -0.15) is 5.10 Å². The van der Waals surface area contributed by atoms with Gasteiger partial charge in [-0.3, -0.25) is 4.79 Å². The third kappa shape index (κ3) is 3.74. The minimum absolute atomic E-state index is 0.113. The highest BCUT2D eigenvalue weighted by Crippen LogP contribution is 2.38. The molecule has 2 aromatic heterocycles. The Bertz CT molecular complexity index is 1230. The summed E-state index contributed by atoms with van der Waals surface area (Å²) < 4.78 is 55.0. The minimum Gasteiger partial charge on any atom is -0.364 e. The molecule has 0 bridgehead atoms. The van der Waals surface area contributed by atoms with Crippen LogP contribution in [0.4, 0.5) is 14.5 Å². The fourth-order valence-electron chi connectivity index (χ4n) is 3.76. The van der Waals surface area contributed by atoms with E-state index in [1.807, 2.05) is 9.62 Å². The number of fused-ring (bicyclic) bond motifs is 1. The zero-order valence-corrected chi connectivity index (χ0v) is 17.0. The summed E-state index contributed by atoms with van der Waals surface area (Å²) >= 11 is 0. The molecule has 0 spiro atoms. The molecule has 1 fully saturated rings. The topological polar surface area (TPSA) is 83.8 Å². The first kappa shape index (κ1) is 20.3. The molecule has 1 atom stereocenters. The van der Waals surface area contributed by atoms with Gasteiger partial charge in [0.1, 0.15) is 11.6 Å². The normalized spacial score (nSPS) is 16.9. The molecule has 4 rings (SSSR count). The van der Waals surface area contributed by atoms with Crippen LogP contribution in [0.25, 0.3) is 5.52 Å². The number of nitrogens with one attached hydrogen (secondary N) is 1. The summed E-state index contributed by atoms with van der Waals surface area (Å²) in [6.45, 7) is 2.07. The summed E-state index contributed by atoms with van der Waals surface area (Å²) in [5.74, 6) is -1.96. The number of carbonyl (C=O) groups is 1. The van der Waals surface area contributed by atoms with Gasteiger partial charge >= 0.3 is 0 Å². The highest BCUT2D eigenvalue weighted by atomic mass is 32.2. The maximum absolute atomic E-state index is 14.4. The fourth-order valence-corrected chi connectivity index (χ4v) is 4.30. The van der Waals surface area contributed by atoms with E-state index in [0.29, 0.717) is 24.2 Å². The lowest BCUT2D eigenvalue weighted by atomic mass is 10.0. The standard InChI is InChI=1S/C20H20F2N4O3S/c1-2-30(28,29)24-20(27)16-12-23-26-9-7-14(11-19(16)26)25-8-3-4-18(25)15-10-13(21)5-6-17(15)22/h5-7,9-12,18H,2-4,8H2,1H3,(H,24,27). The second-order valence-corrected chi connectivity index (χ2v) is 9.14. The van der Waals surface area contributed by atoms with Crippen LogP contribution in [0.2, 0.25) is 0 Å². The second-order valence-electron chi connectivity index (χ2n) is 7.12. The molecule has 1 aliphatic rings. The zero-order chi connectivity index (χ0) is 21.5. The first-order valence-corrected chi connectivity index (χ1v) is 11.2. The lowest BCUT2D eigenvalue weighted by Gasteiger charge is -2.27. The molecule has 1 aliphatic heterocycles. The molecule has 158 valence electrons. The molecule has 30 heavy (non-hydrogen) atoms. The number of amides is 1. The van der Waals surface area contributed by atoms with Gasteiger partial charge in [0.2, 0.25) is 10.0 Å². The van der Waals surface area contributed by atoms with Crippen LogP contribution >= 0.6 is 0 Å². The summed E-state index contributed by atoms with van der Waals surface area (Å²) in [5.41, 5.74) is 1.53. The molecular weight excluding hydrogens is 414 g/mol. The van der Waals surface area contributed by atoms with Crippen molar-refractivity contribution in [3.63, 3.8) is 0 Å². The van der Waals surface area contributed by atoms with E-state index in [2.05, 4.69) is 5.10 Å². The lowest BCUT2D eigenvalue weighted by Crippen LogP contribution is -2.31. The number of halogens is 2. The molecule has 1 aromatic carbocycles. The van der Waals surface area contributed by atoms with Crippen molar-refractivity contribution >= 4 is 27.1 Å². The Kier molecular flexibility index (Phi) is 5.19. The van der Waals surface area contributed by atoms with Gasteiger partial charge in [0, 0.05) is 24.0 Å². The van der Waals surface area contributed by atoms with Gasteiger partial charge in [-0.05, 0) is 50.1 Å². The van der Waals surface area contributed by atoms with Crippen LogP contribution in [-0.2, 0) is 10.0 Å². The van der Waals surface area contributed by atoms with Crippen molar-refractivity contribution in [3.8, 4) is 0 Å². The van der Waals surface area contributed by atoms with E-state index in [1.54, 1.807) is 18.3 Å². The van der Waals surface area contributed by atoms with Gasteiger partial charge in [0.25, 0.3) is 5.91 Å². The predicted octanol–water partition coefficient (Wildman–Crippen LogP) is 3.03. The number of carbonyl (C=O) groups excluding carboxylic acids is 1. The molecule has 3 aromatic rings. The van der Waals surface area contributed by atoms with Crippen molar-refractivity contribution in [3.05, 3.63) is 65.5 Å². The largest absolute Gasteiger partial charge is 0.364 e. The maximum Gasteiger partial charge on any atom is 0.268 e. The monoisotopic (exact) mass is 434 g/mol. The van der Waals surface area contributed by atoms with Gasteiger partial charge in [-0.15, -0.1) is 0 Å². The number of aromatic nitrogens is 2. The summed E-state index contributed by atoms with van der Waals surface area (Å²) in [5, 5.41) is 4.10. The highest BCUT2D eigenvalue weighted by molar-refractivity contribution is 7.90. The Hall–Kier alpha value is -3.01.